The fraction of sp³-hybridized carbons (Fsp3) is 0.900. The van der Waals surface area contributed by atoms with Gasteiger partial charge < -0.3 is 9.84 Å². The first-order chi connectivity index (χ1) is 5.90. The van der Waals surface area contributed by atoms with Crippen molar-refractivity contribution < 1.29 is 14.6 Å². The predicted octanol–water partition coefficient (Wildman–Crippen LogP) is 1.49. The maximum Gasteiger partial charge on any atom is 0.337 e. The summed E-state index contributed by atoms with van der Waals surface area (Å²) in [5, 5.41) is 9.90. The van der Waals surface area contributed by atoms with E-state index in [2.05, 4.69) is 18.6 Å². The molecule has 0 spiro atoms. The van der Waals surface area contributed by atoms with E-state index in [9.17, 15) is 9.90 Å². The van der Waals surface area contributed by atoms with Crippen molar-refractivity contribution in [1.82, 2.24) is 0 Å². The molecule has 3 nitrogen and oxygen atoms in total. The van der Waals surface area contributed by atoms with Crippen LogP contribution in [-0.4, -0.2) is 23.8 Å². The van der Waals surface area contributed by atoms with Gasteiger partial charge in [0.05, 0.1) is 7.11 Å². The van der Waals surface area contributed by atoms with Crippen LogP contribution in [0.2, 0.25) is 0 Å². The number of hydrogen-bond acceptors (Lipinski definition) is 3. The molecular formula is C10H18O3. The molecule has 1 fully saturated rings. The smallest absolute Gasteiger partial charge is 0.337 e. The maximum atomic E-state index is 11.2. The minimum atomic E-state index is -1.22. The zero-order valence-corrected chi connectivity index (χ0v) is 8.59. The van der Waals surface area contributed by atoms with Crippen molar-refractivity contribution in [3.63, 3.8) is 0 Å². The Morgan fingerprint density at radius 3 is 2.08 bits per heavy atom. The number of aliphatic hydroxyl groups is 1. The minimum Gasteiger partial charge on any atom is -0.467 e. The summed E-state index contributed by atoms with van der Waals surface area (Å²) in [7, 11) is 1.32. The third-order valence-electron chi connectivity index (χ3n) is 3.00. The van der Waals surface area contributed by atoms with E-state index in [1.807, 2.05) is 0 Å². The van der Waals surface area contributed by atoms with Crippen molar-refractivity contribution in [3.8, 4) is 0 Å². The molecule has 0 aromatic rings. The normalized spacial score (nSPS) is 25.2. The third kappa shape index (κ3) is 2.21. The van der Waals surface area contributed by atoms with E-state index in [0.717, 1.165) is 12.8 Å². The lowest BCUT2D eigenvalue weighted by Gasteiger charge is -2.38. The largest absolute Gasteiger partial charge is 0.467 e. The second kappa shape index (κ2) is 3.29. The number of methoxy groups -OCH3 is 1. The molecule has 1 saturated carbocycles. The quantitative estimate of drug-likeness (QED) is 0.631. The van der Waals surface area contributed by atoms with Crippen molar-refractivity contribution in [2.75, 3.05) is 7.11 Å². The minimum absolute atomic E-state index is 0.250. The maximum absolute atomic E-state index is 11.2. The Morgan fingerprint density at radius 1 is 1.23 bits per heavy atom. The molecule has 0 saturated heterocycles. The van der Waals surface area contributed by atoms with Gasteiger partial charge in [-0.1, -0.05) is 13.8 Å². The van der Waals surface area contributed by atoms with Crippen molar-refractivity contribution in [2.45, 2.75) is 45.1 Å². The van der Waals surface area contributed by atoms with Gasteiger partial charge in [0.2, 0.25) is 0 Å². The van der Waals surface area contributed by atoms with Crippen LogP contribution in [0.5, 0.6) is 0 Å². The zero-order chi connectivity index (χ0) is 10.1. The average molecular weight is 186 g/mol. The van der Waals surface area contributed by atoms with Crippen LogP contribution in [0, 0.1) is 5.41 Å². The Hall–Kier alpha value is -0.570. The number of rotatable bonds is 1. The Balaban J connectivity index is 2.61. The van der Waals surface area contributed by atoms with Crippen LogP contribution >= 0.6 is 0 Å². The van der Waals surface area contributed by atoms with E-state index in [1.54, 1.807) is 0 Å². The highest BCUT2D eigenvalue weighted by atomic mass is 16.5. The van der Waals surface area contributed by atoms with E-state index >= 15 is 0 Å². The molecule has 0 atom stereocenters. The van der Waals surface area contributed by atoms with Gasteiger partial charge in [-0.15, -0.1) is 0 Å². The summed E-state index contributed by atoms with van der Waals surface area (Å²) < 4.78 is 4.57. The van der Waals surface area contributed by atoms with Crippen LogP contribution in [0.1, 0.15) is 39.5 Å². The lowest BCUT2D eigenvalue weighted by molar-refractivity contribution is -0.167. The second-order valence-corrected chi connectivity index (χ2v) is 4.69. The Labute approximate surface area is 79.1 Å². The molecule has 0 aliphatic heterocycles. The number of carbonyl (C=O) groups excluding carboxylic acids is 1. The van der Waals surface area contributed by atoms with Crippen LogP contribution < -0.4 is 0 Å². The van der Waals surface area contributed by atoms with Crippen molar-refractivity contribution in [3.05, 3.63) is 0 Å². The van der Waals surface area contributed by atoms with Gasteiger partial charge in [-0.05, 0) is 31.1 Å². The molecule has 3 heteroatoms. The SMILES string of the molecule is COC(=O)C1(O)CCC(C)(C)CC1. The number of esters is 1. The van der Waals surface area contributed by atoms with E-state index in [-0.39, 0.29) is 5.41 Å². The van der Waals surface area contributed by atoms with E-state index in [4.69, 9.17) is 0 Å². The van der Waals surface area contributed by atoms with Crippen LogP contribution in [0.3, 0.4) is 0 Å². The van der Waals surface area contributed by atoms with Gasteiger partial charge in [-0.25, -0.2) is 4.79 Å². The molecule has 0 unspecified atom stereocenters. The summed E-state index contributed by atoms with van der Waals surface area (Å²) in [5.41, 5.74) is -0.968. The first kappa shape index (κ1) is 10.5. The zero-order valence-electron chi connectivity index (χ0n) is 8.59. The molecule has 0 radical (unpaired) electrons. The first-order valence-corrected chi connectivity index (χ1v) is 4.70. The van der Waals surface area contributed by atoms with E-state index in [1.165, 1.54) is 7.11 Å². The molecule has 1 aliphatic rings. The monoisotopic (exact) mass is 186 g/mol. The Morgan fingerprint density at radius 2 is 1.69 bits per heavy atom. The van der Waals surface area contributed by atoms with Crippen LogP contribution in [-0.2, 0) is 9.53 Å². The van der Waals surface area contributed by atoms with Gasteiger partial charge in [0.25, 0.3) is 0 Å². The van der Waals surface area contributed by atoms with Gasteiger partial charge in [0.1, 0.15) is 0 Å². The fourth-order valence-corrected chi connectivity index (χ4v) is 1.73. The molecule has 1 aliphatic carbocycles. The number of ether oxygens (including phenoxy) is 1. The summed E-state index contributed by atoms with van der Waals surface area (Å²) in [6.45, 7) is 4.31. The van der Waals surface area contributed by atoms with Crippen LogP contribution in [0.15, 0.2) is 0 Å². The molecule has 76 valence electrons. The van der Waals surface area contributed by atoms with Gasteiger partial charge in [-0.3, -0.25) is 0 Å². The standard InChI is InChI=1S/C10H18O3/c1-9(2)4-6-10(12,7-5-9)8(11)13-3/h12H,4-7H2,1-3H3. The lowest BCUT2D eigenvalue weighted by Crippen LogP contribution is -2.44. The highest BCUT2D eigenvalue weighted by Gasteiger charge is 2.43. The molecule has 1 N–H and O–H groups in total. The van der Waals surface area contributed by atoms with Gasteiger partial charge in [0.15, 0.2) is 5.60 Å². The Bertz CT molecular complexity index is 198. The van der Waals surface area contributed by atoms with Crippen molar-refractivity contribution >= 4 is 5.97 Å². The summed E-state index contributed by atoms with van der Waals surface area (Å²) in [5.74, 6) is -0.483. The predicted molar refractivity (Wildman–Crippen MR) is 49.2 cm³/mol. The molecule has 13 heavy (non-hydrogen) atoms. The molecule has 0 aromatic heterocycles. The molecule has 0 bridgehead atoms. The summed E-state index contributed by atoms with van der Waals surface area (Å²) in [4.78, 5) is 11.2. The average Bonchev–Trinajstić information content (AvgIpc) is 2.09. The first-order valence-electron chi connectivity index (χ1n) is 4.70. The second-order valence-electron chi connectivity index (χ2n) is 4.69. The lowest BCUT2D eigenvalue weighted by atomic mass is 9.71. The van der Waals surface area contributed by atoms with E-state index < -0.39 is 11.6 Å². The van der Waals surface area contributed by atoms with Crippen molar-refractivity contribution in [1.29, 1.82) is 0 Å². The van der Waals surface area contributed by atoms with Gasteiger partial charge in [0, 0.05) is 0 Å². The van der Waals surface area contributed by atoms with Crippen LogP contribution in [0.25, 0.3) is 0 Å². The van der Waals surface area contributed by atoms with Crippen molar-refractivity contribution in [2.24, 2.45) is 5.41 Å². The van der Waals surface area contributed by atoms with E-state index in [0.29, 0.717) is 12.8 Å². The molecular weight excluding hydrogens is 168 g/mol. The number of hydrogen-bond donors (Lipinski definition) is 1. The topological polar surface area (TPSA) is 46.5 Å². The summed E-state index contributed by atoms with van der Waals surface area (Å²) >= 11 is 0. The summed E-state index contributed by atoms with van der Waals surface area (Å²) in [6.07, 6.45) is 2.79. The Kier molecular flexibility index (Phi) is 2.66. The van der Waals surface area contributed by atoms with Gasteiger partial charge >= 0.3 is 5.97 Å². The molecule has 0 aromatic carbocycles. The van der Waals surface area contributed by atoms with Gasteiger partial charge in [-0.2, -0.15) is 0 Å². The molecule has 0 amide bonds. The summed E-state index contributed by atoms with van der Waals surface area (Å²) in [6, 6.07) is 0. The molecule has 0 heterocycles. The third-order valence-corrected chi connectivity index (χ3v) is 3.00. The fourth-order valence-electron chi connectivity index (χ4n) is 1.73. The molecule has 1 rings (SSSR count). The number of carbonyl (C=O) groups is 1. The highest BCUT2D eigenvalue weighted by Crippen LogP contribution is 2.40. The highest BCUT2D eigenvalue weighted by molar-refractivity contribution is 5.79. The van der Waals surface area contributed by atoms with Crippen LogP contribution in [0.4, 0.5) is 0 Å².